The first-order valence-electron chi connectivity index (χ1n) is 10.6. The molecule has 0 spiro atoms. The van der Waals surface area contributed by atoms with E-state index in [1.54, 1.807) is 6.08 Å². The summed E-state index contributed by atoms with van der Waals surface area (Å²) in [6.45, 7) is 2.53. The van der Waals surface area contributed by atoms with E-state index in [0.29, 0.717) is 19.4 Å². The maximum Gasteiger partial charge on any atom is 0.220 e. The zero-order valence-electron chi connectivity index (χ0n) is 17.1. The highest BCUT2D eigenvalue weighted by Gasteiger charge is 1.99. The minimum Gasteiger partial charge on any atom is -0.395 e. The van der Waals surface area contributed by atoms with Gasteiger partial charge >= 0.3 is 0 Å². The molecule has 0 fully saturated rings. The van der Waals surface area contributed by atoms with Crippen LogP contribution in [0.4, 0.5) is 0 Å². The number of aliphatic hydroxyl groups is 1. The standard InChI is InChI=1S/C20H39NO2/c1-2-3-4-5-6-7-8-9-10-11-12-13-14-15-16-17-20(23)21-18-19-22/h9-10,22H,2-8,11-19H2,1H3,(H,21,23)/b10-9+/i8D2. The number of amides is 1. The fourth-order valence-corrected chi connectivity index (χ4v) is 2.44. The van der Waals surface area contributed by atoms with Gasteiger partial charge in [0.15, 0.2) is 0 Å². The maximum atomic E-state index is 11.3. The first-order valence-corrected chi connectivity index (χ1v) is 9.57. The van der Waals surface area contributed by atoms with Gasteiger partial charge in [-0.25, -0.2) is 0 Å². The van der Waals surface area contributed by atoms with Crippen LogP contribution < -0.4 is 5.32 Å². The van der Waals surface area contributed by atoms with Gasteiger partial charge in [0.25, 0.3) is 0 Å². The SMILES string of the molecule is [2H]C([2H])(/C=C/CCCCCCCC(=O)NCCO)CCCCCCC. The van der Waals surface area contributed by atoms with Crippen molar-refractivity contribution in [2.45, 2.75) is 96.8 Å². The lowest BCUT2D eigenvalue weighted by Crippen LogP contribution is -2.25. The van der Waals surface area contributed by atoms with Crippen molar-refractivity contribution in [2.75, 3.05) is 13.2 Å². The fraction of sp³-hybridized carbons (Fsp3) is 0.850. The van der Waals surface area contributed by atoms with E-state index < -0.39 is 6.37 Å². The third kappa shape index (κ3) is 19.1. The average Bonchev–Trinajstić information content (AvgIpc) is 2.58. The molecule has 3 heteroatoms. The Morgan fingerprint density at radius 1 is 0.957 bits per heavy atom. The quantitative estimate of drug-likeness (QED) is 0.287. The van der Waals surface area contributed by atoms with Crippen LogP contribution in [0.2, 0.25) is 0 Å². The van der Waals surface area contributed by atoms with Gasteiger partial charge in [0.1, 0.15) is 0 Å². The molecule has 0 heterocycles. The third-order valence-electron chi connectivity index (χ3n) is 3.87. The number of rotatable bonds is 17. The molecular formula is C20H39NO2. The second kappa shape index (κ2) is 19.2. The summed E-state index contributed by atoms with van der Waals surface area (Å²) in [6.07, 6.45) is 15.8. The largest absolute Gasteiger partial charge is 0.395 e. The molecule has 0 aromatic carbocycles. The van der Waals surface area contributed by atoms with Gasteiger partial charge in [-0.2, -0.15) is 0 Å². The lowest BCUT2D eigenvalue weighted by Gasteiger charge is -2.03. The molecule has 0 aliphatic heterocycles. The number of nitrogens with one attached hydrogen (secondary N) is 1. The molecular weight excluding hydrogens is 286 g/mol. The summed E-state index contributed by atoms with van der Waals surface area (Å²) < 4.78 is 16.0. The van der Waals surface area contributed by atoms with E-state index in [1.165, 1.54) is 19.3 Å². The van der Waals surface area contributed by atoms with Crippen LogP contribution in [0.5, 0.6) is 0 Å². The lowest BCUT2D eigenvalue weighted by atomic mass is 10.1. The molecule has 0 aliphatic rings. The molecule has 1 amide bonds. The van der Waals surface area contributed by atoms with Crippen LogP contribution in [0, 0.1) is 0 Å². The van der Waals surface area contributed by atoms with Crippen LogP contribution >= 0.6 is 0 Å². The smallest absolute Gasteiger partial charge is 0.220 e. The van der Waals surface area contributed by atoms with Crippen molar-refractivity contribution >= 4 is 5.91 Å². The van der Waals surface area contributed by atoms with Crippen molar-refractivity contribution in [3.8, 4) is 0 Å². The van der Waals surface area contributed by atoms with E-state index in [9.17, 15) is 4.79 Å². The van der Waals surface area contributed by atoms with Gasteiger partial charge in [-0.15, -0.1) is 0 Å². The summed E-state index contributed by atoms with van der Waals surface area (Å²) in [5.41, 5.74) is 0. The molecule has 0 bridgehead atoms. The van der Waals surface area contributed by atoms with Crippen molar-refractivity contribution in [2.24, 2.45) is 0 Å². The Bertz CT molecular complexity index is 347. The van der Waals surface area contributed by atoms with Crippen LogP contribution in [-0.4, -0.2) is 24.2 Å². The van der Waals surface area contributed by atoms with Crippen LogP contribution in [0.15, 0.2) is 12.2 Å². The lowest BCUT2D eigenvalue weighted by molar-refractivity contribution is -0.121. The zero-order valence-corrected chi connectivity index (χ0v) is 15.1. The van der Waals surface area contributed by atoms with Crippen LogP contribution in [0.25, 0.3) is 0 Å². The van der Waals surface area contributed by atoms with Gasteiger partial charge in [-0.3, -0.25) is 4.79 Å². The number of carbonyl (C=O) groups is 1. The van der Waals surface area contributed by atoms with Gasteiger partial charge < -0.3 is 10.4 Å². The summed E-state index contributed by atoms with van der Waals surface area (Å²) in [7, 11) is 0. The predicted molar refractivity (Wildman–Crippen MR) is 99.5 cm³/mol. The molecule has 2 N–H and O–H groups in total. The maximum absolute atomic E-state index is 11.3. The first kappa shape index (κ1) is 18.5. The summed E-state index contributed by atoms with van der Waals surface area (Å²) in [6, 6.07) is 0. The molecule has 0 saturated carbocycles. The first-order chi connectivity index (χ1) is 12.0. The Balaban J connectivity index is 3.50. The van der Waals surface area contributed by atoms with Crippen LogP contribution in [0.1, 0.15) is 99.5 Å². The van der Waals surface area contributed by atoms with E-state index in [4.69, 9.17) is 7.85 Å². The van der Waals surface area contributed by atoms with Gasteiger partial charge in [-0.1, -0.05) is 70.4 Å². The van der Waals surface area contributed by atoms with Gasteiger partial charge in [-0.05, 0) is 32.1 Å². The van der Waals surface area contributed by atoms with Crippen molar-refractivity contribution < 1.29 is 12.6 Å². The Morgan fingerprint density at radius 3 is 2.35 bits per heavy atom. The van der Waals surface area contributed by atoms with E-state index in [-0.39, 0.29) is 12.5 Å². The molecule has 136 valence electrons. The van der Waals surface area contributed by atoms with Crippen molar-refractivity contribution in [1.29, 1.82) is 0 Å². The molecule has 0 aliphatic carbocycles. The summed E-state index contributed by atoms with van der Waals surface area (Å²) in [4.78, 5) is 11.3. The van der Waals surface area contributed by atoms with Crippen molar-refractivity contribution in [1.82, 2.24) is 5.32 Å². The Hall–Kier alpha value is -0.830. The summed E-state index contributed by atoms with van der Waals surface area (Å²) >= 11 is 0. The molecule has 0 aromatic heterocycles. The Morgan fingerprint density at radius 2 is 1.61 bits per heavy atom. The number of unbranched alkanes of at least 4 members (excludes halogenated alkanes) is 9. The number of hydrogen-bond donors (Lipinski definition) is 2. The third-order valence-corrected chi connectivity index (χ3v) is 3.87. The normalized spacial score (nSPS) is 13.1. The van der Waals surface area contributed by atoms with E-state index in [1.807, 2.05) is 6.08 Å². The summed E-state index contributed by atoms with van der Waals surface area (Å²) in [5.74, 6) is 0.0221. The minimum atomic E-state index is -1.16. The van der Waals surface area contributed by atoms with Crippen molar-refractivity contribution in [3.63, 3.8) is 0 Å². The fourth-order valence-electron chi connectivity index (χ4n) is 2.44. The number of aliphatic hydroxyl groups excluding tert-OH is 1. The van der Waals surface area contributed by atoms with Crippen molar-refractivity contribution in [3.05, 3.63) is 12.2 Å². The van der Waals surface area contributed by atoms with E-state index >= 15 is 0 Å². The highest BCUT2D eigenvalue weighted by molar-refractivity contribution is 5.75. The molecule has 0 radical (unpaired) electrons. The second-order valence-electron chi connectivity index (χ2n) is 6.15. The Labute approximate surface area is 146 Å². The highest BCUT2D eigenvalue weighted by atomic mass is 16.3. The molecule has 0 aromatic rings. The monoisotopic (exact) mass is 327 g/mol. The van der Waals surface area contributed by atoms with E-state index in [0.717, 1.165) is 51.4 Å². The molecule has 0 atom stereocenters. The van der Waals surface area contributed by atoms with E-state index in [2.05, 4.69) is 12.2 Å². The molecule has 0 rings (SSSR count). The van der Waals surface area contributed by atoms with Crippen LogP contribution in [0.3, 0.4) is 0 Å². The molecule has 3 nitrogen and oxygen atoms in total. The molecule has 0 saturated heterocycles. The number of carbonyl (C=O) groups excluding carboxylic acids is 1. The predicted octanol–water partition coefficient (Wildman–Crippen LogP) is 5.13. The van der Waals surface area contributed by atoms with Gasteiger partial charge in [0.05, 0.1) is 6.61 Å². The highest BCUT2D eigenvalue weighted by Crippen LogP contribution is 2.09. The summed E-state index contributed by atoms with van der Waals surface area (Å²) in [5, 5.41) is 11.3. The number of hydrogen-bond acceptors (Lipinski definition) is 2. The zero-order chi connectivity index (χ0) is 18.8. The van der Waals surface area contributed by atoms with Gasteiger partial charge in [0, 0.05) is 15.7 Å². The van der Waals surface area contributed by atoms with Crippen LogP contribution in [-0.2, 0) is 4.79 Å². The molecule has 23 heavy (non-hydrogen) atoms. The number of allylic oxidation sites excluding steroid dienone is 2. The van der Waals surface area contributed by atoms with Gasteiger partial charge in [0.2, 0.25) is 5.91 Å². The second-order valence-corrected chi connectivity index (χ2v) is 6.15. The average molecular weight is 328 g/mol. The Kier molecular flexibility index (Phi) is 15.5. The molecule has 0 unspecified atom stereocenters. The minimum absolute atomic E-state index is 0.00393. The topological polar surface area (TPSA) is 49.3 Å².